The third-order valence-electron chi connectivity index (χ3n) is 3.70. The fraction of sp³-hybridized carbons (Fsp3) is 0.692. The number of ether oxygens (including phenoxy) is 1. The standard InChI is InChI=1S/C13H20ClN3O2/c1-9-12(14)11(16(2)15-9)8-17-7-5-4-6-10(17)13(18)19-3/h10H,4-8H2,1-3H3/t10-/m1/s1. The van der Waals surface area contributed by atoms with E-state index >= 15 is 0 Å². The Bertz CT molecular complexity index is 473. The zero-order chi connectivity index (χ0) is 14.0. The molecule has 1 aliphatic heterocycles. The van der Waals surface area contributed by atoms with E-state index in [1.54, 1.807) is 4.68 Å². The van der Waals surface area contributed by atoms with Crippen LogP contribution in [0.4, 0.5) is 0 Å². The quantitative estimate of drug-likeness (QED) is 0.796. The van der Waals surface area contributed by atoms with Crippen LogP contribution in [0.15, 0.2) is 0 Å². The van der Waals surface area contributed by atoms with Crippen molar-refractivity contribution in [1.29, 1.82) is 0 Å². The molecule has 0 saturated carbocycles. The third kappa shape index (κ3) is 2.92. The lowest BCUT2D eigenvalue weighted by atomic mass is 10.0. The normalized spacial score (nSPS) is 20.5. The van der Waals surface area contributed by atoms with Crippen molar-refractivity contribution in [3.8, 4) is 0 Å². The lowest BCUT2D eigenvalue weighted by Gasteiger charge is -2.33. The summed E-state index contributed by atoms with van der Waals surface area (Å²) in [5, 5.41) is 5.00. The topological polar surface area (TPSA) is 47.4 Å². The first-order chi connectivity index (χ1) is 9.04. The van der Waals surface area contributed by atoms with Crippen LogP contribution in [0.3, 0.4) is 0 Å². The maximum Gasteiger partial charge on any atom is 0.323 e. The summed E-state index contributed by atoms with van der Waals surface area (Å²) in [6.45, 7) is 3.41. The van der Waals surface area contributed by atoms with Crippen molar-refractivity contribution in [2.45, 2.75) is 38.8 Å². The van der Waals surface area contributed by atoms with Gasteiger partial charge in [0, 0.05) is 13.6 Å². The fourth-order valence-corrected chi connectivity index (χ4v) is 2.85. The summed E-state index contributed by atoms with van der Waals surface area (Å²) in [6.07, 6.45) is 3.01. The first-order valence-corrected chi connectivity index (χ1v) is 6.92. The summed E-state index contributed by atoms with van der Waals surface area (Å²) in [5.41, 5.74) is 1.78. The molecule has 1 saturated heterocycles. The Hall–Kier alpha value is -1.07. The Labute approximate surface area is 118 Å². The highest BCUT2D eigenvalue weighted by atomic mass is 35.5. The molecule has 1 aromatic heterocycles. The Morgan fingerprint density at radius 3 is 2.84 bits per heavy atom. The highest BCUT2D eigenvalue weighted by Crippen LogP contribution is 2.25. The minimum atomic E-state index is -0.162. The van der Waals surface area contributed by atoms with Crippen molar-refractivity contribution >= 4 is 17.6 Å². The van der Waals surface area contributed by atoms with Crippen LogP contribution in [0.1, 0.15) is 30.7 Å². The van der Waals surface area contributed by atoms with Gasteiger partial charge in [-0.05, 0) is 26.3 Å². The molecular formula is C13H20ClN3O2. The molecule has 6 heteroatoms. The number of piperidine rings is 1. The monoisotopic (exact) mass is 285 g/mol. The molecule has 2 heterocycles. The molecule has 1 atom stereocenters. The molecular weight excluding hydrogens is 266 g/mol. The molecule has 1 aromatic rings. The van der Waals surface area contributed by atoms with E-state index in [4.69, 9.17) is 16.3 Å². The lowest BCUT2D eigenvalue weighted by molar-refractivity contribution is -0.148. The van der Waals surface area contributed by atoms with Gasteiger partial charge in [0.1, 0.15) is 6.04 Å². The number of carbonyl (C=O) groups is 1. The number of nitrogens with zero attached hydrogens (tertiary/aromatic N) is 3. The van der Waals surface area contributed by atoms with Crippen LogP contribution >= 0.6 is 11.6 Å². The van der Waals surface area contributed by atoms with E-state index in [9.17, 15) is 4.79 Å². The van der Waals surface area contributed by atoms with Crippen LogP contribution in [-0.4, -0.2) is 40.3 Å². The van der Waals surface area contributed by atoms with E-state index < -0.39 is 0 Å². The van der Waals surface area contributed by atoms with Crippen LogP contribution < -0.4 is 0 Å². The van der Waals surface area contributed by atoms with Gasteiger partial charge in [-0.2, -0.15) is 5.10 Å². The van der Waals surface area contributed by atoms with E-state index in [0.717, 1.165) is 37.2 Å². The van der Waals surface area contributed by atoms with Gasteiger partial charge >= 0.3 is 5.97 Å². The molecule has 1 fully saturated rings. The smallest absolute Gasteiger partial charge is 0.323 e. The third-order valence-corrected chi connectivity index (χ3v) is 4.19. The van der Waals surface area contributed by atoms with Gasteiger partial charge < -0.3 is 4.74 Å². The zero-order valence-electron chi connectivity index (χ0n) is 11.6. The van der Waals surface area contributed by atoms with Gasteiger partial charge in [0.15, 0.2) is 0 Å². The van der Waals surface area contributed by atoms with Crippen molar-refractivity contribution in [3.05, 3.63) is 16.4 Å². The predicted octanol–water partition coefficient (Wildman–Crippen LogP) is 1.91. The number of likely N-dealkylation sites (tertiary alicyclic amines) is 1. The summed E-state index contributed by atoms with van der Waals surface area (Å²) in [6, 6.07) is -0.162. The molecule has 0 aromatic carbocycles. The minimum Gasteiger partial charge on any atom is -0.468 e. The second-order valence-corrected chi connectivity index (χ2v) is 5.35. The van der Waals surface area contributed by atoms with Crippen molar-refractivity contribution < 1.29 is 9.53 Å². The first-order valence-electron chi connectivity index (χ1n) is 6.54. The average molecular weight is 286 g/mol. The number of methoxy groups -OCH3 is 1. The first kappa shape index (κ1) is 14.3. The van der Waals surface area contributed by atoms with Crippen molar-refractivity contribution in [2.24, 2.45) is 7.05 Å². The second-order valence-electron chi connectivity index (χ2n) is 4.97. The van der Waals surface area contributed by atoms with Gasteiger partial charge in [0.25, 0.3) is 0 Å². The number of aromatic nitrogens is 2. The average Bonchev–Trinajstić information content (AvgIpc) is 2.65. The van der Waals surface area contributed by atoms with Crippen LogP contribution in [0.5, 0.6) is 0 Å². The lowest BCUT2D eigenvalue weighted by Crippen LogP contribution is -2.45. The summed E-state index contributed by atoms with van der Waals surface area (Å²) in [4.78, 5) is 14.0. The Morgan fingerprint density at radius 2 is 2.26 bits per heavy atom. The SMILES string of the molecule is COC(=O)[C@H]1CCCCN1Cc1c(Cl)c(C)nn1C. The largest absolute Gasteiger partial charge is 0.468 e. The van der Waals surface area contributed by atoms with Gasteiger partial charge in [0.05, 0.1) is 23.5 Å². The van der Waals surface area contributed by atoms with Crippen LogP contribution in [-0.2, 0) is 23.1 Å². The molecule has 0 radical (unpaired) electrons. The summed E-state index contributed by atoms with van der Waals surface area (Å²) in [7, 11) is 3.32. The summed E-state index contributed by atoms with van der Waals surface area (Å²) >= 11 is 6.27. The molecule has 1 aliphatic rings. The number of hydrogen-bond donors (Lipinski definition) is 0. The van der Waals surface area contributed by atoms with Gasteiger partial charge in [-0.1, -0.05) is 18.0 Å². The van der Waals surface area contributed by atoms with E-state index in [1.807, 2.05) is 14.0 Å². The number of halogens is 1. The predicted molar refractivity (Wildman–Crippen MR) is 73.0 cm³/mol. The Kier molecular flexibility index (Phi) is 4.47. The van der Waals surface area contributed by atoms with Crippen molar-refractivity contribution in [3.63, 3.8) is 0 Å². The molecule has 0 N–H and O–H groups in total. The molecule has 0 unspecified atom stereocenters. The van der Waals surface area contributed by atoms with Crippen molar-refractivity contribution in [2.75, 3.05) is 13.7 Å². The molecule has 5 nitrogen and oxygen atoms in total. The molecule has 0 amide bonds. The highest BCUT2D eigenvalue weighted by molar-refractivity contribution is 6.31. The summed E-state index contributed by atoms with van der Waals surface area (Å²) < 4.78 is 6.68. The minimum absolute atomic E-state index is 0.158. The Balaban J connectivity index is 2.17. The maximum atomic E-state index is 11.8. The Morgan fingerprint density at radius 1 is 1.53 bits per heavy atom. The number of aryl methyl sites for hydroxylation is 2. The van der Waals surface area contributed by atoms with Gasteiger partial charge in [-0.15, -0.1) is 0 Å². The van der Waals surface area contributed by atoms with E-state index in [-0.39, 0.29) is 12.0 Å². The molecule has 0 bridgehead atoms. The summed E-state index contributed by atoms with van der Waals surface area (Å²) in [5.74, 6) is -0.158. The van der Waals surface area contributed by atoms with E-state index in [2.05, 4.69) is 10.00 Å². The van der Waals surface area contributed by atoms with Crippen molar-refractivity contribution in [1.82, 2.24) is 14.7 Å². The second kappa shape index (κ2) is 5.92. The molecule has 19 heavy (non-hydrogen) atoms. The van der Waals surface area contributed by atoms with E-state index in [0.29, 0.717) is 11.6 Å². The van der Waals surface area contributed by atoms with Gasteiger partial charge in [-0.3, -0.25) is 14.4 Å². The molecule has 0 spiro atoms. The number of esters is 1. The maximum absolute atomic E-state index is 11.8. The van der Waals surface area contributed by atoms with Crippen LogP contribution in [0.25, 0.3) is 0 Å². The molecule has 106 valence electrons. The zero-order valence-corrected chi connectivity index (χ0v) is 12.4. The number of rotatable bonds is 3. The van der Waals surface area contributed by atoms with Gasteiger partial charge in [-0.25, -0.2) is 0 Å². The number of hydrogen-bond acceptors (Lipinski definition) is 4. The number of carbonyl (C=O) groups excluding carboxylic acids is 1. The van der Waals surface area contributed by atoms with Gasteiger partial charge in [0.2, 0.25) is 0 Å². The highest BCUT2D eigenvalue weighted by Gasteiger charge is 2.30. The molecule has 2 rings (SSSR count). The fourth-order valence-electron chi connectivity index (χ4n) is 2.63. The van der Waals surface area contributed by atoms with E-state index in [1.165, 1.54) is 7.11 Å². The van der Waals surface area contributed by atoms with Crippen LogP contribution in [0, 0.1) is 6.92 Å². The molecule has 0 aliphatic carbocycles. The van der Waals surface area contributed by atoms with Crippen LogP contribution in [0.2, 0.25) is 5.02 Å².